The van der Waals surface area contributed by atoms with E-state index in [1.165, 1.54) is 0 Å². The molecule has 1 atom stereocenters. The van der Waals surface area contributed by atoms with Gasteiger partial charge in [0.1, 0.15) is 5.82 Å². The molecule has 0 aliphatic carbocycles. The van der Waals surface area contributed by atoms with Crippen LogP contribution in [-0.2, 0) is 0 Å². The molecule has 4 N–H and O–H groups in total. The van der Waals surface area contributed by atoms with Gasteiger partial charge in [-0.15, -0.1) is 0 Å². The molecule has 2 aromatic rings. The number of aromatic nitrogens is 1. The fourth-order valence-corrected chi connectivity index (χ4v) is 2.30. The minimum absolute atomic E-state index is 0.0681. The number of nitrogens with one attached hydrogen (secondary N) is 2. The molecule has 1 heterocycles. The Bertz CT molecular complexity index is 654. The molecular formula is C16H20N4O. The summed E-state index contributed by atoms with van der Waals surface area (Å²) < 4.78 is 0. The standard InChI is InChI=1S/C16H20N4O/c1-10-6-4-5-7-14(10)12(3)19-16(21)13-8-11(2)18-15(9-13)20-17/h4-9,12H,17H2,1-3H3,(H,18,20)(H,19,21). The Morgan fingerprint density at radius 3 is 2.62 bits per heavy atom. The molecule has 0 radical (unpaired) electrons. The Balaban J connectivity index is 2.18. The summed E-state index contributed by atoms with van der Waals surface area (Å²) in [5.74, 6) is 5.69. The fourth-order valence-electron chi connectivity index (χ4n) is 2.30. The summed E-state index contributed by atoms with van der Waals surface area (Å²) in [6.07, 6.45) is 0. The minimum atomic E-state index is -0.146. The van der Waals surface area contributed by atoms with Crippen LogP contribution in [0.15, 0.2) is 36.4 Å². The van der Waals surface area contributed by atoms with E-state index in [1.807, 2.05) is 45.0 Å². The topological polar surface area (TPSA) is 80.0 Å². The second-order valence-electron chi connectivity index (χ2n) is 5.08. The highest BCUT2D eigenvalue weighted by atomic mass is 16.1. The Kier molecular flexibility index (Phi) is 4.55. The summed E-state index contributed by atoms with van der Waals surface area (Å²) in [5, 5.41) is 3.00. The lowest BCUT2D eigenvalue weighted by Gasteiger charge is -2.17. The molecule has 0 bridgehead atoms. The number of aryl methyl sites for hydroxylation is 2. The number of carbonyl (C=O) groups is 1. The van der Waals surface area contributed by atoms with Crippen LogP contribution in [0.4, 0.5) is 5.82 Å². The second-order valence-corrected chi connectivity index (χ2v) is 5.08. The van der Waals surface area contributed by atoms with Crippen molar-refractivity contribution >= 4 is 11.7 Å². The van der Waals surface area contributed by atoms with Crippen LogP contribution in [0.3, 0.4) is 0 Å². The third-order valence-electron chi connectivity index (χ3n) is 3.37. The lowest BCUT2D eigenvalue weighted by Crippen LogP contribution is -2.27. The van der Waals surface area contributed by atoms with E-state index in [9.17, 15) is 4.79 Å². The van der Waals surface area contributed by atoms with Crippen LogP contribution in [0.2, 0.25) is 0 Å². The number of nitrogen functional groups attached to an aromatic ring is 1. The van der Waals surface area contributed by atoms with E-state index in [-0.39, 0.29) is 11.9 Å². The summed E-state index contributed by atoms with van der Waals surface area (Å²) in [4.78, 5) is 16.5. The van der Waals surface area contributed by atoms with Crippen LogP contribution < -0.4 is 16.6 Å². The third-order valence-corrected chi connectivity index (χ3v) is 3.37. The number of benzene rings is 1. The summed E-state index contributed by atoms with van der Waals surface area (Å²) in [7, 11) is 0. The fraction of sp³-hybridized carbons (Fsp3) is 0.250. The highest BCUT2D eigenvalue weighted by Gasteiger charge is 2.14. The molecule has 0 saturated heterocycles. The van der Waals surface area contributed by atoms with Crippen molar-refractivity contribution in [3.05, 3.63) is 58.8 Å². The Labute approximate surface area is 124 Å². The summed E-state index contributed by atoms with van der Waals surface area (Å²) in [5.41, 5.74) is 6.00. The number of hydrazine groups is 1. The molecule has 5 heteroatoms. The highest BCUT2D eigenvalue weighted by Crippen LogP contribution is 2.18. The van der Waals surface area contributed by atoms with Gasteiger partial charge in [0, 0.05) is 11.3 Å². The maximum atomic E-state index is 12.4. The average Bonchev–Trinajstić information content (AvgIpc) is 2.46. The van der Waals surface area contributed by atoms with Crippen molar-refractivity contribution in [3.63, 3.8) is 0 Å². The zero-order valence-corrected chi connectivity index (χ0v) is 12.5. The first-order valence-corrected chi connectivity index (χ1v) is 6.83. The number of anilines is 1. The monoisotopic (exact) mass is 284 g/mol. The zero-order chi connectivity index (χ0) is 15.4. The number of hydrogen-bond donors (Lipinski definition) is 3. The molecule has 1 unspecified atom stereocenters. The van der Waals surface area contributed by atoms with Gasteiger partial charge in [0.2, 0.25) is 0 Å². The molecule has 2 rings (SSSR count). The molecule has 0 saturated carbocycles. The van der Waals surface area contributed by atoms with Crippen LogP contribution in [0, 0.1) is 13.8 Å². The predicted molar refractivity (Wildman–Crippen MR) is 83.8 cm³/mol. The number of hydrogen-bond acceptors (Lipinski definition) is 4. The van der Waals surface area contributed by atoms with Crippen molar-refractivity contribution in [1.82, 2.24) is 10.3 Å². The largest absolute Gasteiger partial charge is 0.346 e. The summed E-state index contributed by atoms with van der Waals surface area (Å²) >= 11 is 0. The first-order chi connectivity index (χ1) is 10.0. The Morgan fingerprint density at radius 2 is 1.95 bits per heavy atom. The molecule has 110 valence electrons. The van der Waals surface area contributed by atoms with Gasteiger partial charge in [-0.05, 0) is 44.0 Å². The maximum Gasteiger partial charge on any atom is 0.251 e. The molecular weight excluding hydrogens is 264 g/mol. The zero-order valence-electron chi connectivity index (χ0n) is 12.5. The number of amides is 1. The van der Waals surface area contributed by atoms with Crippen LogP contribution in [0.25, 0.3) is 0 Å². The van der Waals surface area contributed by atoms with Crippen molar-refractivity contribution in [2.45, 2.75) is 26.8 Å². The lowest BCUT2D eigenvalue weighted by atomic mass is 10.0. The first-order valence-electron chi connectivity index (χ1n) is 6.83. The van der Waals surface area contributed by atoms with Gasteiger partial charge in [-0.1, -0.05) is 24.3 Å². The van der Waals surface area contributed by atoms with Gasteiger partial charge in [0.25, 0.3) is 5.91 Å². The van der Waals surface area contributed by atoms with E-state index >= 15 is 0 Å². The van der Waals surface area contributed by atoms with Crippen LogP contribution in [0.5, 0.6) is 0 Å². The molecule has 0 aliphatic heterocycles. The van der Waals surface area contributed by atoms with Crippen molar-refractivity contribution in [2.75, 3.05) is 5.43 Å². The van der Waals surface area contributed by atoms with Gasteiger partial charge < -0.3 is 10.7 Å². The van der Waals surface area contributed by atoms with Gasteiger partial charge >= 0.3 is 0 Å². The second kappa shape index (κ2) is 6.37. The van der Waals surface area contributed by atoms with Gasteiger partial charge in [-0.2, -0.15) is 0 Å². The van der Waals surface area contributed by atoms with Crippen molar-refractivity contribution < 1.29 is 4.79 Å². The van der Waals surface area contributed by atoms with Gasteiger partial charge in [0.15, 0.2) is 0 Å². The van der Waals surface area contributed by atoms with Crippen molar-refractivity contribution in [1.29, 1.82) is 0 Å². The van der Waals surface area contributed by atoms with E-state index in [0.29, 0.717) is 11.4 Å². The molecule has 21 heavy (non-hydrogen) atoms. The maximum absolute atomic E-state index is 12.4. The Hall–Kier alpha value is -2.40. The number of rotatable bonds is 4. The smallest absolute Gasteiger partial charge is 0.251 e. The van der Waals surface area contributed by atoms with E-state index in [4.69, 9.17) is 5.84 Å². The van der Waals surface area contributed by atoms with E-state index < -0.39 is 0 Å². The van der Waals surface area contributed by atoms with E-state index in [2.05, 4.69) is 15.7 Å². The normalized spacial score (nSPS) is 11.8. The predicted octanol–water partition coefficient (Wildman–Crippen LogP) is 2.48. The molecule has 1 aromatic heterocycles. The minimum Gasteiger partial charge on any atom is -0.346 e. The van der Waals surface area contributed by atoms with E-state index in [1.54, 1.807) is 12.1 Å². The van der Waals surface area contributed by atoms with Crippen LogP contribution >= 0.6 is 0 Å². The summed E-state index contributed by atoms with van der Waals surface area (Å²) in [6, 6.07) is 11.3. The Morgan fingerprint density at radius 1 is 1.24 bits per heavy atom. The molecule has 0 fully saturated rings. The average molecular weight is 284 g/mol. The number of pyridine rings is 1. The van der Waals surface area contributed by atoms with Crippen LogP contribution in [0.1, 0.15) is 40.1 Å². The molecule has 5 nitrogen and oxygen atoms in total. The van der Waals surface area contributed by atoms with Crippen LogP contribution in [-0.4, -0.2) is 10.9 Å². The number of nitrogens with zero attached hydrogens (tertiary/aromatic N) is 1. The van der Waals surface area contributed by atoms with Gasteiger partial charge in [-0.25, -0.2) is 10.8 Å². The van der Waals surface area contributed by atoms with Crippen molar-refractivity contribution in [3.8, 4) is 0 Å². The van der Waals surface area contributed by atoms with E-state index in [0.717, 1.165) is 16.8 Å². The third kappa shape index (κ3) is 3.58. The molecule has 0 aliphatic rings. The highest BCUT2D eigenvalue weighted by molar-refractivity contribution is 5.95. The van der Waals surface area contributed by atoms with Crippen molar-refractivity contribution in [2.24, 2.45) is 5.84 Å². The first kappa shape index (κ1) is 15.0. The number of carbonyl (C=O) groups excluding carboxylic acids is 1. The number of nitrogens with two attached hydrogens (primary N) is 1. The SMILES string of the molecule is Cc1cc(C(=O)NC(C)c2ccccc2C)cc(NN)n1. The summed E-state index contributed by atoms with van der Waals surface area (Å²) in [6.45, 7) is 5.82. The van der Waals surface area contributed by atoms with Gasteiger partial charge in [-0.3, -0.25) is 4.79 Å². The molecule has 1 amide bonds. The lowest BCUT2D eigenvalue weighted by molar-refractivity contribution is 0.0939. The quantitative estimate of drug-likeness (QED) is 0.595. The molecule has 1 aromatic carbocycles. The van der Waals surface area contributed by atoms with Gasteiger partial charge in [0.05, 0.1) is 6.04 Å². The molecule has 0 spiro atoms.